The first-order valence-corrected chi connectivity index (χ1v) is 5.36. The van der Waals surface area contributed by atoms with Crippen LogP contribution < -0.4 is 0 Å². The summed E-state index contributed by atoms with van der Waals surface area (Å²) in [5.74, 6) is -28.4. The van der Waals surface area contributed by atoms with Crippen molar-refractivity contribution in [2.75, 3.05) is 0 Å². The Morgan fingerprint density at radius 3 is 1.73 bits per heavy atom. The molecule has 3 nitrogen and oxygen atoms in total. The van der Waals surface area contributed by atoms with Gasteiger partial charge in [0.15, 0.2) is 0 Å². The molecule has 0 rings (SSSR count). The van der Waals surface area contributed by atoms with E-state index in [1.165, 1.54) is 6.07 Å². The Labute approximate surface area is 117 Å². The molecule has 0 aliphatic heterocycles. The van der Waals surface area contributed by atoms with Gasteiger partial charge in [-0.1, -0.05) is 0 Å². The van der Waals surface area contributed by atoms with Gasteiger partial charge in [0.2, 0.25) is 0 Å². The molecule has 0 spiro atoms. The van der Waals surface area contributed by atoms with E-state index >= 15 is 0 Å². The molecule has 0 aliphatic rings. The number of halogens is 9. The third-order valence-corrected chi connectivity index (χ3v) is 2.71. The molecule has 0 bridgehead atoms. The Hall–Kier alpha value is -1.67. The summed E-state index contributed by atoms with van der Waals surface area (Å²) in [7, 11) is 0. The van der Waals surface area contributed by atoms with E-state index < -0.39 is 48.2 Å². The molecule has 0 aromatic carbocycles. The van der Waals surface area contributed by atoms with Crippen molar-refractivity contribution in [1.82, 2.24) is 0 Å². The van der Waals surface area contributed by atoms with Crippen LogP contribution in [0.1, 0.15) is 13.3 Å². The second kappa shape index (κ2) is 5.85. The lowest BCUT2D eigenvalue weighted by Crippen LogP contribution is -2.64. The smallest absolute Gasteiger partial charge is 0.460 e. The van der Waals surface area contributed by atoms with Crippen LogP contribution in [0.3, 0.4) is 0 Å². The van der Waals surface area contributed by atoms with Crippen molar-refractivity contribution in [3.8, 4) is 6.07 Å². The zero-order valence-electron chi connectivity index (χ0n) is 10.6. The molecule has 0 aliphatic carbocycles. The van der Waals surface area contributed by atoms with E-state index in [1.807, 2.05) is 0 Å². The number of rotatable bonds is 6. The van der Waals surface area contributed by atoms with E-state index in [2.05, 4.69) is 0 Å². The summed E-state index contributed by atoms with van der Waals surface area (Å²) in [5, 5.41) is 16.8. The quantitative estimate of drug-likeness (QED) is 0.747. The van der Waals surface area contributed by atoms with Gasteiger partial charge in [-0.3, -0.25) is 4.79 Å². The van der Waals surface area contributed by atoms with Crippen molar-refractivity contribution >= 4 is 5.97 Å². The minimum Gasteiger partial charge on any atom is -0.481 e. The second-order valence-corrected chi connectivity index (χ2v) is 4.43. The molecule has 0 aromatic heterocycles. The molecule has 0 fully saturated rings. The molecule has 128 valence electrons. The number of hydrogen-bond donors (Lipinski definition) is 1. The van der Waals surface area contributed by atoms with Crippen LogP contribution in [-0.2, 0) is 4.79 Å². The normalized spacial score (nSPS) is 16.8. The van der Waals surface area contributed by atoms with Crippen molar-refractivity contribution in [3.05, 3.63) is 0 Å². The van der Waals surface area contributed by atoms with Gasteiger partial charge in [-0.2, -0.15) is 44.8 Å². The van der Waals surface area contributed by atoms with Crippen LogP contribution in [-0.4, -0.2) is 35.0 Å². The Bertz CT molecular complexity index is 466. The topological polar surface area (TPSA) is 61.1 Å². The first kappa shape index (κ1) is 20.3. The molecule has 0 aromatic rings. The number of carboxylic acids is 1. The molecule has 2 atom stereocenters. The average Bonchev–Trinajstić information content (AvgIpc) is 2.32. The Morgan fingerprint density at radius 1 is 1.05 bits per heavy atom. The number of aliphatic carboxylic acids is 1. The van der Waals surface area contributed by atoms with Gasteiger partial charge in [0.05, 0.1) is 6.07 Å². The lowest BCUT2D eigenvalue weighted by atomic mass is 9.85. The van der Waals surface area contributed by atoms with E-state index in [0.29, 0.717) is 0 Å². The summed E-state index contributed by atoms with van der Waals surface area (Å²) in [6.07, 6.45) is -8.56. The number of carbonyl (C=O) groups is 1. The molecular weight excluding hydrogens is 337 g/mol. The fourth-order valence-electron chi connectivity index (χ4n) is 1.42. The Morgan fingerprint density at radius 2 is 1.45 bits per heavy atom. The van der Waals surface area contributed by atoms with E-state index in [0.717, 1.165) is 6.92 Å². The molecule has 22 heavy (non-hydrogen) atoms. The van der Waals surface area contributed by atoms with Gasteiger partial charge >= 0.3 is 29.9 Å². The number of nitrogens with zero attached hydrogens (tertiary/aromatic N) is 1. The Balaban J connectivity index is 5.94. The van der Waals surface area contributed by atoms with Gasteiger partial charge in [0.1, 0.15) is 5.92 Å². The van der Waals surface area contributed by atoms with Gasteiger partial charge in [0, 0.05) is 5.92 Å². The lowest BCUT2D eigenvalue weighted by Gasteiger charge is -2.36. The van der Waals surface area contributed by atoms with Crippen molar-refractivity contribution in [1.29, 1.82) is 5.26 Å². The maximum Gasteiger partial charge on any atom is 0.460 e. The molecule has 0 saturated carbocycles. The fourth-order valence-corrected chi connectivity index (χ4v) is 1.42. The van der Waals surface area contributed by atoms with Gasteiger partial charge in [-0.25, -0.2) is 0 Å². The average molecular weight is 345 g/mol. The maximum atomic E-state index is 13.4. The number of nitriles is 1. The Kier molecular flexibility index (Phi) is 5.40. The highest BCUT2D eigenvalue weighted by Gasteiger charge is 2.83. The highest BCUT2D eigenvalue weighted by atomic mass is 19.4. The SMILES string of the molecule is CC(C#N)CC(C(=O)O)C(F)(F)C(F)(F)C(F)(F)C(F)(F)F. The van der Waals surface area contributed by atoms with Gasteiger partial charge in [-0.15, -0.1) is 0 Å². The van der Waals surface area contributed by atoms with Crippen LogP contribution in [0.2, 0.25) is 0 Å². The number of hydrogen-bond acceptors (Lipinski definition) is 2. The summed E-state index contributed by atoms with van der Waals surface area (Å²) >= 11 is 0. The third-order valence-electron chi connectivity index (χ3n) is 2.71. The summed E-state index contributed by atoms with van der Waals surface area (Å²) in [6, 6.07) is 1.19. The van der Waals surface area contributed by atoms with E-state index in [1.54, 1.807) is 0 Å². The predicted molar refractivity (Wildman–Crippen MR) is 51.4 cm³/mol. The van der Waals surface area contributed by atoms with Crippen LogP contribution in [0.25, 0.3) is 0 Å². The molecule has 12 heteroatoms. The van der Waals surface area contributed by atoms with Crippen LogP contribution in [0.5, 0.6) is 0 Å². The zero-order valence-corrected chi connectivity index (χ0v) is 10.6. The molecule has 0 saturated heterocycles. The first-order valence-electron chi connectivity index (χ1n) is 5.36. The van der Waals surface area contributed by atoms with Gasteiger partial charge in [-0.05, 0) is 13.3 Å². The van der Waals surface area contributed by atoms with Gasteiger partial charge < -0.3 is 5.11 Å². The minimum absolute atomic E-state index is 0.812. The molecule has 1 N–H and O–H groups in total. The predicted octanol–water partition coefficient (Wildman–Crippen LogP) is 3.71. The summed E-state index contributed by atoms with van der Waals surface area (Å²) < 4.78 is 114. The monoisotopic (exact) mass is 345 g/mol. The highest BCUT2D eigenvalue weighted by Crippen LogP contribution is 2.55. The molecular formula is C10H8F9NO2. The van der Waals surface area contributed by atoms with Crippen molar-refractivity contribution in [2.45, 2.75) is 37.3 Å². The van der Waals surface area contributed by atoms with E-state index in [-0.39, 0.29) is 0 Å². The molecule has 0 heterocycles. The van der Waals surface area contributed by atoms with Crippen molar-refractivity contribution in [2.24, 2.45) is 11.8 Å². The standard InChI is InChI=1S/C10H8F9NO2/c1-4(3-20)2-5(6(21)22)7(11,12)8(13,14)9(15,16)10(17,18)19/h4-5H,2H2,1H3,(H,21,22). The van der Waals surface area contributed by atoms with Crippen molar-refractivity contribution < 1.29 is 49.4 Å². The number of alkyl halides is 9. The van der Waals surface area contributed by atoms with Crippen LogP contribution in [0.15, 0.2) is 0 Å². The highest BCUT2D eigenvalue weighted by molar-refractivity contribution is 5.71. The van der Waals surface area contributed by atoms with Gasteiger partial charge in [0.25, 0.3) is 0 Å². The van der Waals surface area contributed by atoms with Crippen LogP contribution in [0, 0.1) is 23.2 Å². The van der Waals surface area contributed by atoms with Crippen LogP contribution >= 0.6 is 0 Å². The lowest BCUT2D eigenvalue weighted by molar-refractivity contribution is -0.402. The minimum atomic E-state index is -7.16. The summed E-state index contributed by atoms with van der Waals surface area (Å²) in [5.41, 5.74) is 0. The first-order chi connectivity index (χ1) is 9.54. The fraction of sp³-hybridized carbons (Fsp3) is 0.800. The zero-order chi connectivity index (χ0) is 18.1. The summed E-state index contributed by atoms with van der Waals surface area (Å²) in [6.45, 7) is 0.812. The van der Waals surface area contributed by atoms with E-state index in [9.17, 15) is 44.3 Å². The third kappa shape index (κ3) is 3.22. The largest absolute Gasteiger partial charge is 0.481 e. The summed E-state index contributed by atoms with van der Waals surface area (Å²) in [4.78, 5) is 10.6. The molecule has 0 amide bonds. The number of carboxylic acid groups (broad SMARTS) is 1. The maximum absolute atomic E-state index is 13.4. The van der Waals surface area contributed by atoms with E-state index in [4.69, 9.17) is 10.4 Å². The molecule has 0 radical (unpaired) electrons. The van der Waals surface area contributed by atoms with Crippen LogP contribution in [0.4, 0.5) is 39.5 Å². The van der Waals surface area contributed by atoms with Crippen molar-refractivity contribution in [3.63, 3.8) is 0 Å². The second-order valence-electron chi connectivity index (χ2n) is 4.43. The molecule has 2 unspecified atom stereocenters.